The molecule has 1 aliphatic heterocycles. The Labute approximate surface area is 144 Å². The molecule has 0 aromatic rings. The Bertz CT molecular complexity index is 327. The minimum Gasteiger partial charge on any atom is -0.381 e. The summed E-state index contributed by atoms with van der Waals surface area (Å²) in [4.78, 5) is 5.34. The summed E-state index contributed by atoms with van der Waals surface area (Å²) in [5.74, 6) is 0.954. The zero-order chi connectivity index (χ0) is 16.9. The molecule has 3 nitrogen and oxygen atoms in total. The van der Waals surface area contributed by atoms with Gasteiger partial charge in [0.1, 0.15) is 0 Å². The van der Waals surface area contributed by atoms with Crippen molar-refractivity contribution in [3.8, 4) is 0 Å². The van der Waals surface area contributed by atoms with Gasteiger partial charge in [-0.25, -0.2) is 0 Å². The fourth-order valence-corrected chi connectivity index (χ4v) is 4.48. The first-order valence-corrected chi connectivity index (χ1v) is 9.94. The highest BCUT2D eigenvalue weighted by molar-refractivity contribution is 4.86. The number of nitrogens with zero attached hydrogens (tertiary/aromatic N) is 2. The van der Waals surface area contributed by atoms with E-state index in [1.165, 1.54) is 71.1 Å². The minimum absolute atomic E-state index is 0.368. The zero-order valence-electron chi connectivity index (χ0n) is 16.3. The van der Waals surface area contributed by atoms with Crippen molar-refractivity contribution in [3.63, 3.8) is 0 Å². The smallest absolute Gasteiger partial charge is 0.0571 e. The highest BCUT2D eigenvalue weighted by Crippen LogP contribution is 2.31. The van der Waals surface area contributed by atoms with Gasteiger partial charge in [0.2, 0.25) is 0 Å². The van der Waals surface area contributed by atoms with Crippen LogP contribution in [-0.4, -0.2) is 60.8 Å². The maximum absolute atomic E-state index is 5.49. The van der Waals surface area contributed by atoms with Crippen LogP contribution in [0.4, 0.5) is 0 Å². The van der Waals surface area contributed by atoms with Crippen molar-refractivity contribution in [2.45, 2.75) is 90.3 Å². The maximum atomic E-state index is 5.49. The molecule has 0 spiro atoms. The van der Waals surface area contributed by atoms with Gasteiger partial charge >= 0.3 is 0 Å². The standard InChI is InChI=1S/C20H40N2O/c1-17(2)21-13-15-22(16-14-21)20(3,4)12-6-7-18-8-10-19(23-5)11-9-18/h17-19H,6-16H2,1-5H3/t18-,19-. The van der Waals surface area contributed by atoms with Crippen LogP contribution in [0.1, 0.15) is 72.6 Å². The second kappa shape index (κ2) is 8.82. The van der Waals surface area contributed by atoms with E-state index < -0.39 is 0 Å². The summed E-state index contributed by atoms with van der Waals surface area (Å²) in [6.45, 7) is 14.5. The van der Waals surface area contributed by atoms with Crippen LogP contribution >= 0.6 is 0 Å². The summed E-state index contributed by atoms with van der Waals surface area (Å²) in [5, 5.41) is 0. The van der Waals surface area contributed by atoms with Gasteiger partial charge in [0.25, 0.3) is 0 Å². The fourth-order valence-electron chi connectivity index (χ4n) is 4.48. The lowest BCUT2D eigenvalue weighted by atomic mass is 9.82. The third-order valence-electron chi connectivity index (χ3n) is 6.43. The predicted octanol–water partition coefficient (Wildman–Crippen LogP) is 4.17. The average Bonchev–Trinajstić information content (AvgIpc) is 2.55. The lowest BCUT2D eigenvalue weighted by Gasteiger charge is -2.45. The molecular weight excluding hydrogens is 284 g/mol. The van der Waals surface area contributed by atoms with Gasteiger partial charge in [-0.3, -0.25) is 9.80 Å². The van der Waals surface area contributed by atoms with E-state index in [1.54, 1.807) is 0 Å². The molecule has 1 saturated carbocycles. The Morgan fingerprint density at radius 2 is 1.61 bits per heavy atom. The van der Waals surface area contributed by atoms with Crippen molar-refractivity contribution >= 4 is 0 Å². The van der Waals surface area contributed by atoms with Crippen LogP contribution in [0.15, 0.2) is 0 Å². The summed E-state index contributed by atoms with van der Waals surface area (Å²) in [7, 11) is 1.87. The number of piperazine rings is 1. The molecule has 1 aliphatic carbocycles. The van der Waals surface area contributed by atoms with Crippen LogP contribution in [0, 0.1) is 5.92 Å². The van der Waals surface area contributed by atoms with Gasteiger partial charge in [-0.2, -0.15) is 0 Å². The molecule has 0 atom stereocenters. The normalized spacial score (nSPS) is 28.4. The lowest BCUT2D eigenvalue weighted by Crippen LogP contribution is -2.55. The molecule has 2 fully saturated rings. The van der Waals surface area contributed by atoms with E-state index in [2.05, 4.69) is 37.5 Å². The van der Waals surface area contributed by atoms with Crippen LogP contribution in [0.25, 0.3) is 0 Å². The van der Waals surface area contributed by atoms with E-state index in [9.17, 15) is 0 Å². The van der Waals surface area contributed by atoms with Gasteiger partial charge in [-0.15, -0.1) is 0 Å². The third kappa shape index (κ3) is 5.72. The number of ether oxygens (including phenoxy) is 1. The molecule has 0 N–H and O–H groups in total. The summed E-state index contributed by atoms with van der Waals surface area (Å²) in [6.07, 6.45) is 10.0. The van der Waals surface area contributed by atoms with Crippen molar-refractivity contribution in [2.24, 2.45) is 5.92 Å². The molecule has 3 heteroatoms. The number of hydrogen-bond donors (Lipinski definition) is 0. The van der Waals surface area contributed by atoms with Crippen molar-refractivity contribution in [1.29, 1.82) is 0 Å². The molecule has 0 aromatic heterocycles. The molecular formula is C20H40N2O. The van der Waals surface area contributed by atoms with Crippen molar-refractivity contribution in [1.82, 2.24) is 9.80 Å². The van der Waals surface area contributed by atoms with E-state index in [0.717, 1.165) is 5.92 Å². The first-order valence-electron chi connectivity index (χ1n) is 9.94. The first-order chi connectivity index (χ1) is 10.9. The number of rotatable bonds is 7. The maximum Gasteiger partial charge on any atom is 0.0571 e. The molecule has 0 unspecified atom stereocenters. The molecule has 2 rings (SSSR count). The Hall–Kier alpha value is -0.120. The topological polar surface area (TPSA) is 15.7 Å². The molecule has 0 amide bonds. The largest absolute Gasteiger partial charge is 0.381 e. The molecule has 1 saturated heterocycles. The highest BCUT2D eigenvalue weighted by atomic mass is 16.5. The van der Waals surface area contributed by atoms with Crippen LogP contribution in [0.2, 0.25) is 0 Å². The molecule has 23 heavy (non-hydrogen) atoms. The highest BCUT2D eigenvalue weighted by Gasteiger charge is 2.30. The van der Waals surface area contributed by atoms with Gasteiger partial charge in [0, 0.05) is 44.9 Å². The Balaban J connectivity index is 1.66. The van der Waals surface area contributed by atoms with Crippen LogP contribution in [-0.2, 0) is 4.74 Å². The van der Waals surface area contributed by atoms with E-state index in [0.29, 0.717) is 17.7 Å². The van der Waals surface area contributed by atoms with Gasteiger partial charge in [-0.1, -0.05) is 12.8 Å². The van der Waals surface area contributed by atoms with Crippen molar-refractivity contribution in [2.75, 3.05) is 33.3 Å². The molecule has 1 heterocycles. The van der Waals surface area contributed by atoms with Crippen LogP contribution in [0.3, 0.4) is 0 Å². The summed E-state index contributed by atoms with van der Waals surface area (Å²) in [5.41, 5.74) is 0.368. The van der Waals surface area contributed by atoms with Crippen molar-refractivity contribution < 1.29 is 4.74 Å². The number of methoxy groups -OCH3 is 1. The summed E-state index contributed by atoms with van der Waals surface area (Å²) >= 11 is 0. The molecule has 0 radical (unpaired) electrons. The second-order valence-corrected chi connectivity index (χ2v) is 8.70. The van der Waals surface area contributed by atoms with Crippen LogP contribution < -0.4 is 0 Å². The monoisotopic (exact) mass is 324 g/mol. The Morgan fingerprint density at radius 3 is 2.13 bits per heavy atom. The summed E-state index contributed by atoms with van der Waals surface area (Å²) < 4.78 is 5.49. The molecule has 136 valence electrons. The van der Waals surface area contributed by atoms with Gasteiger partial charge < -0.3 is 4.74 Å². The molecule has 0 aromatic carbocycles. The zero-order valence-corrected chi connectivity index (χ0v) is 16.3. The molecule has 0 bridgehead atoms. The van der Waals surface area contributed by atoms with Gasteiger partial charge in [-0.05, 0) is 65.7 Å². The van der Waals surface area contributed by atoms with Crippen molar-refractivity contribution in [3.05, 3.63) is 0 Å². The Kier molecular flexibility index (Phi) is 7.37. The lowest BCUT2D eigenvalue weighted by molar-refractivity contribution is 0.0318. The molecule has 2 aliphatic rings. The van der Waals surface area contributed by atoms with E-state index in [1.807, 2.05) is 7.11 Å². The van der Waals surface area contributed by atoms with Gasteiger partial charge in [0.05, 0.1) is 6.10 Å². The predicted molar refractivity (Wildman–Crippen MR) is 99.0 cm³/mol. The van der Waals surface area contributed by atoms with E-state index in [-0.39, 0.29) is 0 Å². The average molecular weight is 325 g/mol. The number of hydrogen-bond acceptors (Lipinski definition) is 3. The van der Waals surface area contributed by atoms with E-state index in [4.69, 9.17) is 4.74 Å². The third-order valence-corrected chi connectivity index (χ3v) is 6.43. The van der Waals surface area contributed by atoms with Gasteiger partial charge in [0.15, 0.2) is 0 Å². The summed E-state index contributed by atoms with van der Waals surface area (Å²) in [6, 6.07) is 0.697. The Morgan fingerprint density at radius 1 is 1.00 bits per heavy atom. The first kappa shape index (κ1) is 19.2. The van der Waals surface area contributed by atoms with E-state index >= 15 is 0 Å². The second-order valence-electron chi connectivity index (χ2n) is 8.70. The minimum atomic E-state index is 0.368. The SMILES string of the molecule is CO[C@H]1CC[C@H](CCCC(C)(C)N2CCN(C(C)C)CC2)CC1. The fraction of sp³-hybridized carbons (Fsp3) is 1.00. The quantitative estimate of drug-likeness (QED) is 0.699. The van der Waals surface area contributed by atoms with Crippen LogP contribution in [0.5, 0.6) is 0 Å².